The van der Waals surface area contributed by atoms with E-state index >= 15 is 0 Å². The summed E-state index contributed by atoms with van der Waals surface area (Å²) < 4.78 is 2.03. The van der Waals surface area contributed by atoms with Crippen molar-refractivity contribution in [3.63, 3.8) is 0 Å². The molecule has 0 aliphatic heterocycles. The minimum atomic E-state index is -0.600. The lowest BCUT2D eigenvalue weighted by Crippen LogP contribution is -2.25. The fourth-order valence-electron chi connectivity index (χ4n) is 2.81. The van der Waals surface area contributed by atoms with Crippen molar-refractivity contribution < 1.29 is 9.63 Å². The number of anilines is 1. The molecule has 1 fully saturated rings. The Balaban J connectivity index is 1.58. The van der Waals surface area contributed by atoms with Gasteiger partial charge in [0.05, 0.1) is 12.0 Å². The summed E-state index contributed by atoms with van der Waals surface area (Å²) in [6.45, 7) is 0.807. The first-order chi connectivity index (χ1) is 11.7. The molecule has 24 heavy (non-hydrogen) atoms. The minimum absolute atomic E-state index is 0.274. The summed E-state index contributed by atoms with van der Waals surface area (Å²) in [6.07, 6.45) is 9.01. The summed E-state index contributed by atoms with van der Waals surface area (Å²) in [5.41, 5.74) is 1.55. The van der Waals surface area contributed by atoms with E-state index in [9.17, 15) is 4.79 Å². The van der Waals surface area contributed by atoms with Gasteiger partial charge < -0.3 is 4.57 Å². The Labute approximate surface area is 145 Å². The van der Waals surface area contributed by atoms with E-state index in [0.29, 0.717) is 10.7 Å². The van der Waals surface area contributed by atoms with Crippen molar-refractivity contribution in [2.75, 3.05) is 5.32 Å². The average Bonchev–Trinajstić information content (AvgIpc) is 3.09. The lowest BCUT2D eigenvalue weighted by Gasteiger charge is -2.23. The van der Waals surface area contributed by atoms with E-state index in [0.717, 1.165) is 37.9 Å². The number of hydrogen-bond donors (Lipinski definition) is 1. The minimum Gasteiger partial charge on any atom is -0.337 e. The number of carbonyl (C=O) groups is 1. The van der Waals surface area contributed by atoms with Crippen molar-refractivity contribution in [3.05, 3.63) is 48.0 Å². The van der Waals surface area contributed by atoms with Crippen molar-refractivity contribution in [3.8, 4) is 0 Å². The molecule has 1 unspecified atom stereocenters. The number of hydrogen-bond acceptors (Lipinski definition) is 4. The first kappa shape index (κ1) is 16.5. The number of aromatic nitrogens is 2. The maximum Gasteiger partial charge on any atom is 0.437 e. The largest absolute Gasteiger partial charge is 0.437 e. The van der Waals surface area contributed by atoms with Crippen molar-refractivity contribution in [2.45, 2.75) is 32.2 Å². The van der Waals surface area contributed by atoms with Gasteiger partial charge in [-0.1, -0.05) is 23.2 Å². The normalized spacial score (nSPS) is 19.2. The number of oxime groups is 1. The molecule has 1 N–H and O–H groups in total. The second-order valence-corrected chi connectivity index (χ2v) is 6.23. The van der Waals surface area contributed by atoms with Crippen LogP contribution in [-0.4, -0.2) is 21.4 Å². The average molecular weight is 347 g/mol. The number of imidazole rings is 1. The molecule has 3 rings (SSSR count). The Kier molecular flexibility index (Phi) is 5.48. The number of carbonyl (C=O) groups excluding carboxylic acids is 1. The monoisotopic (exact) mass is 346 g/mol. The van der Waals surface area contributed by atoms with Gasteiger partial charge in [0.1, 0.15) is 0 Å². The Morgan fingerprint density at radius 1 is 1.38 bits per heavy atom. The fraction of sp³-hybridized carbons (Fsp3) is 0.353. The third-order valence-corrected chi connectivity index (χ3v) is 4.29. The molecule has 1 aliphatic rings. The van der Waals surface area contributed by atoms with Crippen LogP contribution in [0.5, 0.6) is 0 Å². The van der Waals surface area contributed by atoms with Gasteiger partial charge in [-0.25, -0.2) is 9.78 Å². The molecule has 2 aromatic rings. The molecular weight excluding hydrogens is 328 g/mol. The highest BCUT2D eigenvalue weighted by Gasteiger charge is 2.22. The van der Waals surface area contributed by atoms with E-state index in [2.05, 4.69) is 15.5 Å². The van der Waals surface area contributed by atoms with Gasteiger partial charge in [-0.15, -0.1) is 0 Å². The van der Waals surface area contributed by atoms with Crippen LogP contribution in [0.3, 0.4) is 0 Å². The molecule has 1 aromatic carbocycles. The number of nitrogens with zero attached hydrogens (tertiary/aromatic N) is 3. The number of halogens is 1. The molecule has 0 spiro atoms. The molecule has 1 aromatic heterocycles. The van der Waals surface area contributed by atoms with Crippen molar-refractivity contribution in [2.24, 2.45) is 11.1 Å². The topological polar surface area (TPSA) is 68.5 Å². The van der Waals surface area contributed by atoms with Crippen molar-refractivity contribution >= 4 is 29.1 Å². The van der Waals surface area contributed by atoms with Crippen LogP contribution in [0, 0.1) is 5.92 Å². The third-order valence-electron chi connectivity index (χ3n) is 4.03. The lowest BCUT2D eigenvalue weighted by atomic mass is 9.87. The van der Waals surface area contributed by atoms with Crippen LogP contribution < -0.4 is 5.32 Å². The maximum absolute atomic E-state index is 11.9. The van der Waals surface area contributed by atoms with E-state index in [1.54, 1.807) is 36.8 Å². The predicted molar refractivity (Wildman–Crippen MR) is 93.2 cm³/mol. The first-order valence-electron chi connectivity index (χ1n) is 7.97. The number of nitrogens with one attached hydrogen (secondary N) is 1. The van der Waals surface area contributed by atoms with E-state index in [1.807, 2.05) is 10.8 Å². The van der Waals surface area contributed by atoms with Crippen LogP contribution in [-0.2, 0) is 11.4 Å². The number of rotatable bonds is 4. The van der Waals surface area contributed by atoms with Gasteiger partial charge >= 0.3 is 6.09 Å². The zero-order valence-electron chi connectivity index (χ0n) is 13.2. The zero-order valence-corrected chi connectivity index (χ0v) is 13.9. The molecule has 126 valence electrons. The second kappa shape index (κ2) is 7.97. The molecule has 0 saturated heterocycles. The third kappa shape index (κ3) is 4.58. The Morgan fingerprint density at radius 2 is 2.21 bits per heavy atom. The molecule has 0 bridgehead atoms. The SMILES string of the molecule is O=C(Nc1ccc(Cl)cc1)ON=C1CCCCC1Cn1ccnc1. The number of benzene rings is 1. The maximum atomic E-state index is 11.9. The van der Waals surface area contributed by atoms with Crippen molar-refractivity contribution in [1.29, 1.82) is 0 Å². The van der Waals surface area contributed by atoms with Crippen molar-refractivity contribution in [1.82, 2.24) is 9.55 Å². The fourth-order valence-corrected chi connectivity index (χ4v) is 2.93. The Hall–Kier alpha value is -2.34. The van der Waals surface area contributed by atoms with E-state index in [4.69, 9.17) is 16.4 Å². The predicted octanol–water partition coefficient (Wildman–Crippen LogP) is 4.33. The summed E-state index contributed by atoms with van der Waals surface area (Å²) in [5.74, 6) is 0.274. The summed E-state index contributed by atoms with van der Waals surface area (Å²) in [4.78, 5) is 21.0. The Morgan fingerprint density at radius 3 is 2.96 bits per heavy atom. The van der Waals surface area contributed by atoms with Gasteiger partial charge in [0, 0.05) is 35.6 Å². The van der Waals surface area contributed by atoms with E-state index in [-0.39, 0.29) is 5.92 Å². The van der Waals surface area contributed by atoms with Gasteiger partial charge in [-0.3, -0.25) is 10.2 Å². The molecule has 1 aliphatic carbocycles. The second-order valence-electron chi connectivity index (χ2n) is 5.80. The van der Waals surface area contributed by atoms with Crippen LogP contribution in [0.1, 0.15) is 25.7 Å². The molecule has 1 saturated carbocycles. The molecule has 6 nitrogen and oxygen atoms in total. The van der Waals surface area contributed by atoms with E-state index in [1.165, 1.54) is 0 Å². The summed E-state index contributed by atoms with van der Waals surface area (Å²) in [5, 5.41) is 7.34. The summed E-state index contributed by atoms with van der Waals surface area (Å²) in [6, 6.07) is 6.81. The van der Waals surface area contributed by atoms with Crippen LogP contribution >= 0.6 is 11.6 Å². The van der Waals surface area contributed by atoms with Crippen LogP contribution in [0.4, 0.5) is 10.5 Å². The van der Waals surface area contributed by atoms with Gasteiger partial charge in [0.2, 0.25) is 0 Å². The zero-order chi connectivity index (χ0) is 16.8. The van der Waals surface area contributed by atoms with Gasteiger partial charge in [0.25, 0.3) is 0 Å². The number of amides is 1. The standard InChI is InChI=1S/C17H19ClN4O2/c18-14-5-7-15(8-6-14)20-17(23)24-21-16-4-2-1-3-13(16)11-22-10-9-19-12-22/h5-10,12-13H,1-4,11H2,(H,20,23). The van der Waals surface area contributed by atoms with Crippen LogP contribution in [0.15, 0.2) is 48.1 Å². The molecular formula is C17H19ClN4O2. The summed E-state index contributed by atoms with van der Waals surface area (Å²) in [7, 11) is 0. The molecule has 1 amide bonds. The van der Waals surface area contributed by atoms with Crippen LogP contribution in [0.2, 0.25) is 5.02 Å². The molecule has 1 heterocycles. The van der Waals surface area contributed by atoms with E-state index < -0.39 is 6.09 Å². The van der Waals surface area contributed by atoms with Crippen LogP contribution in [0.25, 0.3) is 0 Å². The quantitative estimate of drug-likeness (QED) is 0.661. The Bertz CT molecular complexity index is 698. The molecule has 0 radical (unpaired) electrons. The first-order valence-corrected chi connectivity index (χ1v) is 8.34. The highest BCUT2D eigenvalue weighted by molar-refractivity contribution is 6.30. The highest BCUT2D eigenvalue weighted by Crippen LogP contribution is 2.23. The summed E-state index contributed by atoms with van der Waals surface area (Å²) >= 11 is 5.81. The van der Waals surface area contributed by atoms with Gasteiger partial charge in [-0.05, 0) is 43.5 Å². The molecule has 1 atom stereocenters. The lowest BCUT2D eigenvalue weighted by molar-refractivity contribution is 0.164. The van der Waals surface area contributed by atoms with Gasteiger partial charge in [-0.2, -0.15) is 0 Å². The highest BCUT2D eigenvalue weighted by atomic mass is 35.5. The molecule has 7 heteroatoms. The smallest absolute Gasteiger partial charge is 0.337 e. The van der Waals surface area contributed by atoms with Gasteiger partial charge in [0.15, 0.2) is 0 Å².